The van der Waals surface area contributed by atoms with Gasteiger partial charge >= 0.3 is 0 Å². The summed E-state index contributed by atoms with van der Waals surface area (Å²) in [5, 5.41) is 0. The minimum Gasteiger partial charge on any atom is -0.341 e. The topological polar surface area (TPSA) is 57.7 Å². The molecule has 1 amide bonds. The van der Waals surface area contributed by atoms with E-state index in [-0.39, 0.29) is 5.91 Å². The van der Waals surface area contributed by atoms with Gasteiger partial charge in [-0.05, 0) is 50.5 Å². The maximum Gasteiger partial charge on any atom is 0.246 e. The first-order valence-corrected chi connectivity index (χ1v) is 9.19. The summed E-state index contributed by atoms with van der Waals surface area (Å²) in [5.74, 6) is -0.665. The number of piperidine rings is 1. The highest BCUT2D eigenvalue weighted by Gasteiger charge is 2.32. The minimum absolute atomic E-state index is 0.213. The molecule has 5 nitrogen and oxygen atoms in total. The van der Waals surface area contributed by atoms with Gasteiger partial charge < -0.3 is 4.90 Å². The molecule has 0 spiro atoms. The first kappa shape index (κ1) is 16.7. The minimum atomic E-state index is -3.65. The van der Waals surface area contributed by atoms with E-state index in [0.29, 0.717) is 18.8 Å². The quantitative estimate of drug-likeness (QED) is 0.849. The Hall–Kier alpha value is -1.63. The van der Waals surface area contributed by atoms with Crippen LogP contribution in [0.5, 0.6) is 0 Å². The van der Waals surface area contributed by atoms with Crippen molar-refractivity contribution in [1.82, 2.24) is 4.90 Å². The molecule has 1 heterocycles. The number of carbonyl (C=O) groups is 1. The Morgan fingerprint density at radius 2 is 1.73 bits per heavy atom. The Morgan fingerprint density at radius 1 is 1.18 bits per heavy atom. The van der Waals surface area contributed by atoms with Gasteiger partial charge in [-0.3, -0.25) is 9.10 Å². The van der Waals surface area contributed by atoms with Crippen molar-refractivity contribution in [3.8, 4) is 0 Å². The summed E-state index contributed by atoms with van der Waals surface area (Å²) in [6.07, 6.45) is 4.02. The summed E-state index contributed by atoms with van der Waals surface area (Å²) in [5.41, 5.74) is 0.293. The zero-order chi connectivity index (χ0) is 16.3. The van der Waals surface area contributed by atoms with Crippen molar-refractivity contribution in [2.45, 2.75) is 32.2 Å². The Kier molecular flexibility index (Phi) is 5.05. The van der Waals surface area contributed by atoms with Gasteiger partial charge in [0, 0.05) is 13.1 Å². The van der Waals surface area contributed by atoms with E-state index in [2.05, 4.69) is 0 Å². The lowest BCUT2D eigenvalue weighted by Crippen LogP contribution is -2.50. The van der Waals surface area contributed by atoms with Gasteiger partial charge in [0.2, 0.25) is 15.9 Å². The largest absolute Gasteiger partial charge is 0.341 e. The Morgan fingerprint density at radius 3 is 2.23 bits per heavy atom. The fourth-order valence-corrected chi connectivity index (χ4v) is 3.94. The number of amides is 1. The predicted molar refractivity (Wildman–Crippen MR) is 83.6 cm³/mol. The molecule has 1 saturated heterocycles. The smallest absolute Gasteiger partial charge is 0.246 e. The molecule has 0 aliphatic carbocycles. The third-order valence-corrected chi connectivity index (χ3v) is 5.06. The van der Waals surface area contributed by atoms with E-state index >= 15 is 0 Å². The predicted octanol–water partition coefficient (Wildman–Crippen LogP) is 1.99. The van der Waals surface area contributed by atoms with Crippen molar-refractivity contribution in [1.29, 1.82) is 0 Å². The van der Waals surface area contributed by atoms with Crippen LogP contribution in [0, 0.1) is 5.82 Å². The number of nitrogens with zero attached hydrogens (tertiary/aromatic N) is 2. The number of anilines is 1. The van der Waals surface area contributed by atoms with E-state index < -0.39 is 21.9 Å². The van der Waals surface area contributed by atoms with Gasteiger partial charge in [-0.15, -0.1) is 0 Å². The van der Waals surface area contributed by atoms with Gasteiger partial charge in [0.05, 0.1) is 11.9 Å². The maximum atomic E-state index is 13.1. The van der Waals surface area contributed by atoms with Crippen molar-refractivity contribution in [2.24, 2.45) is 0 Å². The van der Waals surface area contributed by atoms with Crippen LogP contribution in [0.3, 0.4) is 0 Å². The average molecular weight is 328 g/mol. The Balaban J connectivity index is 2.29. The van der Waals surface area contributed by atoms with Crippen LogP contribution in [0.25, 0.3) is 0 Å². The molecule has 0 aromatic heterocycles. The number of sulfonamides is 1. The van der Waals surface area contributed by atoms with Crippen LogP contribution >= 0.6 is 0 Å². The molecule has 1 aliphatic rings. The number of benzene rings is 1. The number of hydrogen-bond acceptors (Lipinski definition) is 3. The Bertz CT molecular complexity index is 625. The summed E-state index contributed by atoms with van der Waals surface area (Å²) >= 11 is 0. The number of halogens is 1. The zero-order valence-electron chi connectivity index (χ0n) is 12.8. The molecule has 1 aromatic rings. The molecule has 0 unspecified atom stereocenters. The van der Waals surface area contributed by atoms with E-state index in [4.69, 9.17) is 0 Å². The van der Waals surface area contributed by atoms with Crippen molar-refractivity contribution < 1.29 is 17.6 Å². The van der Waals surface area contributed by atoms with Gasteiger partial charge in [0.1, 0.15) is 11.9 Å². The third kappa shape index (κ3) is 3.76. The normalized spacial score (nSPS) is 17.1. The van der Waals surface area contributed by atoms with Crippen molar-refractivity contribution in [3.63, 3.8) is 0 Å². The van der Waals surface area contributed by atoms with Crippen LogP contribution in [-0.2, 0) is 14.8 Å². The molecule has 2 rings (SSSR count). The monoisotopic (exact) mass is 328 g/mol. The highest BCUT2D eigenvalue weighted by Crippen LogP contribution is 2.23. The van der Waals surface area contributed by atoms with Crippen LogP contribution in [0.4, 0.5) is 10.1 Å². The fourth-order valence-electron chi connectivity index (χ4n) is 2.77. The van der Waals surface area contributed by atoms with E-state index in [9.17, 15) is 17.6 Å². The third-order valence-electron chi connectivity index (χ3n) is 3.82. The zero-order valence-corrected chi connectivity index (χ0v) is 13.6. The van der Waals surface area contributed by atoms with Crippen LogP contribution in [0.2, 0.25) is 0 Å². The Labute approximate surface area is 130 Å². The van der Waals surface area contributed by atoms with Crippen molar-refractivity contribution in [2.75, 3.05) is 23.7 Å². The van der Waals surface area contributed by atoms with Crippen molar-refractivity contribution >= 4 is 21.6 Å². The molecule has 1 aromatic carbocycles. The molecule has 0 N–H and O–H groups in total. The highest BCUT2D eigenvalue weighted by atomic mass is 32.2. The second-order valence-electron chi connectivity index (χ2n) is 5.60. The molecular formula is C15H21FN2O3S. The molecule has 122 valence electrons. The van der Waals surface area contributed by atoms with Gasteiger partial charge in [-0.25, -0.2) is 12.8 Å². The van der Waals surface area contributed by atoms with Crippen LogP contribution < -0.4 is 4.31 Å². The standard InChI is InChI=1S/C15H21FN2O3S/c1-12(15(19)17-10-4-3-5-11-17)18(22(2,20)21)14-8-6-13(16)7-9-14/h6-9,12H,3-5,10-11H2,1-2H3/t12-/m1/s1. The average Bonchev–Trinajstić information content (AvgIpc) is 2.48. The SMILES string of the molecule is C[C@H](C(=O)N1CCCCC1)N(c1ccc(F)cc1)S(C)(=O)=O. The summed E-state index contributed by atoms with van der Waals surface area (Å²) in [4.78, 5) is 14.3. The van der Waals surface area contributed by atoms with E-state index in [0.717, 1.165) is 29.8 Å². The lowest BCUT2D eigenvalue weighted by Gasteiger charge is -2.34. The fraction of sp³-hybridized carbons (Fsp3) is 0.533. The lowest BCUT2D eigenvalue weighted by atomic mass is 10.1. The molecule has 22 heavy (non-hydrogen) atoms. The first-order valence-electron chi connectivity index (χ1n) is 7.34. The molecular weight excluding hydrogens is 307 g/mol. The van der Waals surface area contributed by atoms with Gasteiger partial charge in [-0.1, -0.05) is 0 Å². The van der Waals surface area contributed by atoms with Gasteiger partial charge in [0.15, 0.2) is 0 Å². The maximum absolute atomic E-state index is 13.1. The van der Waals surface area contributed by atoms with Gasteiger partial charge in [0.25, 0.3) is 0 Å². The molecule has 1 atom stereocenters. The number of carbonyl (C=O) groups excluding carboxylic acids is 1. The number of hydrogen-bond donors (Lipinski definition) is 0. The second kappa shape index (κ2) is 6.64. The van der Waals surface area contributed by atoms with Gasteiger partial charge in [-0.2, -0.15) is 0 Å². The summed E-state index contributed by atoms with van der Waals surface area (Å²) in [6.45, 7) is 2.88. The number of likely N-dealkylation sites (tertiary alicyclic amines) is 1. The molecule has 0 saturated carbocycles. The van der Waals surface area contributed by atoms with Crippen molar-refractivity contribution in [3.05, 3.63) is 30.1 Å². The highest BCUT2D eigenvalue weighted by molar-refractivity contribution is 7.92. The second-order valence-corrected chi connectivity index (χ2v) is 7.46. The van der Waals surface area contributed by atoms with Crippen LogP contribution in [0.15, 0.2) is 24.3 Å². The summed E-state index contributed by atoms with van der Waals surface area (Å²) < 4.78 is 38.3. The van der Waals surface area contributed by atoms with E-state index in [1.54, 1.807) is 11.8 Å². The van der Waals surface area contributed by atoms with E-state index in [1.807, 2.05) is 0 Å². The number of rotatable bonds is 4. The molecule has 1 aliphatic heterocycles. The molecule has 0 bridgehead atoms. The van der Waals surface area contributed by atoms with E-state index in [1.165, 1.54) is 24.3 Å². The summed E-state index contributed by atoms with van der Waals surface area (Å²) in [7, 11) is -3.65. The van der Waals surface area contributed by atoms with Crippen LogP contribution in [-0.4, -0.2) is 44.6 Å². The molecule has 7 heteroatoms. The summed E-state index contributed by atoms with van der Waals surface area (Å²) in [6, 6.07) is 4.27. The first-order chi connectivity index (χ1) is 10.3. The molecule has 1 fully saturated rings. The van der Waals surface area contributed by atoms with Crippen LogP contribution in [0.1, 0.15) is 26.2 Å². The molecule has 0 radical (unpaired) electrons. The lowest BCUT2D eigenvalue weighted by molar-refractivity contribution is -0.132.